The first-order chi connectivity index (χ1) is 17.2. The lowest BCUT2D eigenvalue weighted by atomic mass is 10.1. The van der Waals surface area contributed by atoms with Crippen LogP contribution in [0.2, 0.25) is 0 Å². The minimum Gasteiger partial charge on any atom is -0.296 e. The van der Waals surface area contributed by atoms with E-state index in [1.54, 1.807) is 36.0 Å². The number of anilines is 2. The molecule has 0 aliphatic carbocycles. The molecule has 0 unspecified atom stereocenters. The van der Waals surface area contributed by atoms with Crippen LogP contribution in [0.4, 0.5) is 10.8 Å². The Labute approximate surface area is 219 Å². The van der Waals surface area contributed by atoms with Gasteiger partial charge in [0.15, 0.2) is 4.34 Å². The van der Waals surface area contributed by atoms with E-state index in [0.717, 1.165) is 26.8 Å². The van der Waals surface area contributed by atoms with Crippen molar-refractivity contribution in [1.82, 2.24) is 10.2 Å². The van der Waals surface area contributed by atoms with Crippen LogP contribution in [0.1, 0.15) is 32.6 Å². The molecule has 0 aliphatic rings. The Hall–Kier alpha value is -3.21. The van der Waals surface area contributed by atoms with Crippen LogP contribution >= 0.6 is 23.1 Å². The van der Waals surface area contributed by atoms with Crippen molar-refractivity contribution < 1.29 is 13.2 Å². The summed E-state index contributed by atoms with van der Waals surface area (Å²) in [6.07, 6.45) is 1.20. The van der Waals surface area contributed by atoms with Crippen LogP contribution in [-0.4, -0.2) is 30.8 Å². The molecule has 10 heteroatoms. The average Bonchev–Trinajstić information content (AvgIpc) is 3.28. The molecule has 1 N–H and O–H groups in total. The molecular formula is C26H26N4O3S3. The molecule has 1 aromatic heterocycles. The van der Waals surface area contributed by atoms with Gasteiger partial charge in [0.05, 0.1) is 18.5 Å². The van der Waals surface area contributed by atoms with Crippen molar-refractivity contribution in [3.05, 3.63) is 101 Å². The maximum atomic E-state index is 12.7. The van der Waals surface area contributed by atoms with Crippen molar-refractivity contribution in [2.75, 3.05) is 15.9 Å². The number of carbonyl (C=O) groups is 1. The fourth-order valence-electron chi connectivity index (χ4n) is 3.63. The first kappa shape index (κ1) is 25.9. The number of rotatable bonds is 9. The zero-order chi connectivity index (χ0) is 25.7. The third-order valence-corrected chi connectivity index (χ3v) is 8.45. The van der Waals surface area contributed by atoms with E-state index in [1.165, 1.54) is 27.5 Å². The number of carbonyl (C=O) groups excluding carboxylic acids is 1. The van der Waals surface area contributed by atoms with Crippen molar-refractivity contribution >= 4 is 49.8 Å². The van der Waals surface area contributed by atoms with E-state index in [9.17, 15) is 13.2 Å². The third kappa shape index (κ3) is 6.93. The Balaban J connectivity index is 1.40. The lowest BCUT2D eigenvalue weighted by Crippen LogP contribution is -2.29. The predicted molar refractivity (Wildman–Crippen MR) is 147 cm³/mol. The topological polar surface area (TPSA) is 92.3 Å². The molecule has 1 amide bonds. The van der Waals surface area contributed by atoms with Gasteiger partial charge in [-0.1, -0.05) is 71.6 Å². The Morgan fingerprint density at radius 3 is 2.25 bits per heavy atom. The quantitative estimate of drug-likeness (QED) is 0.218. The van der Waals surface area contributed by atoms with Crippen molar-refractivity contribution in [2.24, 2.45) is 0 Å². The van der Waals surface area contributed by atoms with Crippen LogP contribution in [0.3, 0.4) is 0 Å². The highest BCUT2D eigenvalue weighted by Gasteiger charge is 2.19. The molecule has 0 spiro atoms. The highest BCUT2D eigenvalue weighted by Crippen LogP contribution is 2.29. The molecule has 1 heterocycles. The van der Waals surface area contributed by atoms with Gasteiger partial charge in [-0.25, -0.2) is 8.42 Å². The molecule has 3 aromatic carbocycles. The van der Waals surface area contributed by atoms with E-state index in [1.807, 2.05) is 50.2 Å². The SMILES string of the molecule is Cc1cc(C)cc(N(Cc2ccc(C(=O)Nc3nnc(SCc4ccccc4)s3)cc2)S(C)(=O)=O)c1. The van der Waals surface area contributed by atoms with Crippen molar-refractivity contribution in [3.63, 3.8) is 0 Å². The summed E-state index contributed by atoms with van der Waals surface area (Å²) in [6.45, 7) is 4.04. The zero-order valence-corrected chi connectivity index (χ0v) is 22.6. The number of hydrogen-bond donors (Lipinski definition) is 1. The maximum absolute atomic E-state index is 12.7. The fraction of sp³-hybridized carbons (Fsp3) is 0.192. The summed E-state index contributed by atoms with van der Waals surface area (Å²) in [4.78, 5) is 12.7. The lowest BCUT2D eigenvalue weighted by Gasteiger charge is -2.23. The van der Waals surface area contributed by atoms with E-state index >= 15 is 0 Å². The Morgan fingerprint density at radius 1 is 0.944 bits per heavy atom. The molecule has 0 bridgehead atoms. The molecular weight excluding hydrogens is 513 g/mol. The van der Waals surface area contributed by atoms with Gasteiger partial charge in [-0.15, -0.1) is 10.2 Å². The summed E-state index contributed by atoms with van der Waals surface area (Å²) >= 11 is 2.89. The van der Waals surface area contributed by atoms with Crippen LogP contribution in [0.15, 0.2) is 77.1 Å². The van der Waals surface area contributed by atoms with Gasteiger partial charge in [0, 0.05) is 11.3 Å². The van der Waals surface area contributed by atoms with Crippen molar-refractivity contribution in [1.29, 1.82) is 0 Å². The van der Waals surface area contributed by atoms with Crippen LogP contribution in [0.5, 0.6) is 0 Å². The molecule has 0 saturated carbocycles. The smallest absolute Gasteiger partial charge is 0.257 e. The molecule has 0 fully saturated rings. The second-order valence-electron chi connectivity index (χ2n) is 8.41. The first-order valence-corrected chi connectivity index (χ1v) is 14.8. The molecule has 7 nitrogen and oxygen atoms in total. The minimum absolute atomic E-state index is 0.169. The summed E-state index contributed by atoms with van der Waals surface area (Å²) in [6, 6.07) is 22.7. The lowest BCUT2D eigenvalue weighted by molar-refractivity contribution is 0.102. The molecule has 4 aromatic rings. The number of amides is 1. The van der Waals surface area contributed by atoms with Crippen molar-refractivity contribution in [2.45, 2.75) is 30.5 Å². The second kappa shape index (κ2) is 11.2. The summed E-state index contributed by atoms with van der Waals surface area (Å²) in [7, 11) is -3.50. The third-order valence-electron chi connectivity index (χ3n) is 5.27. The van der Waals surface area contributed by atoms with E-state index in [4.69, 9.17) is 0 Å². The number of sulfonamides is 1. The summed E-state index contributed by atoms with van der Waals surface area (Å²) < 4.78 is 27.2. The van der Waals surface area contributed by atoms with E-state index in [2.05, 4.69) is 27.6 Å². The fourth-order valence-corrected chi connectivity index (χ4v) is 6.20. The second-order valence-corrected chi connectivity index (χ2v) is 12.5. The van der Waals surface area contributed by atoms with Gasteiger partial charge in [0.25, 0.3) is 5.91 Å². The zero-order valence-electron chi connectivity index (χ0n) is 20.1. The number of aryl methyl sites for hydroxylation is 2. The standard InChI is InChI=1S/C26H26N4O3S3/c1-18-13-19(2)15-23(14-18)30(36(3,32)33)16-20-9-11-22(12-10-20)24(31)27-25-28-29-26(35-25)34-17-21-7-5-4-6-8-21/h4-15H,16-17H2,1-3H3,(H,27,28,31). The van der Waals surface area contributed by atoms with Crippen LogP contribution in [0.25, 0.3) is 0 Å². The summed E-state index contributed by atoms with van der Waals surface area (Å²) in [5, 5.41) is 11.4. The van der Waals surface area contributed by atoms with Gasteiger partial charge in [-0.05, 0) is 60.4 Å². The molecule has 0 aliphatic heterocycles. The minimum atomic E-state index is -3.50. The van der Waals surface area contributed by atoms with Gasteiger partial charge in [-0.2, -0.15) is 0 Å². The highest BCUT2D eigenvalue weighted by molar-refractivity contribution is 8.00. The molecule has 186 valence electrons. The number of thioether (sulfide) groups is 1. The Morgan fingerprint density at radius 2 is 1.61 bits per heavy atom. The number of nitrogens with one attached hydrogen (secondary N) is 1. The van der Waals surface area contributed by atoms with E-state index < -0.39 is 10.0 Å². The molecule has 0 radical (unpaired) electrons. The number of nitrogens with zero attached hydrogens (tertiary/aromatic N) is 3. The molecule has 4 rings (SSSR count). The van der Waals surface area contributed by atoms with Gasteiger partial charge in [0.2, 0.25) is 15.2 Å². The highest BCUT2D eigenvalue weighted by atomic mass is 32.2. The maximum Gasteiger partial charge on any atom is 0.257 e. The molecule has 36 heavy (non-hydrogen) atoms. The number of benzene rings is 3. The van der Waals surface area contributed by atoms with Crippen LogP contribution in [0, 0.1) is 13.8 Å². The largest absolute Gasteiger partial charge is 0.296 e. The van der Waals surface area contributed by atoms with Crippen LogP contribution < -0.4 is 9.62 Å². The van der Waals surface area contributed by atoms with Gasteiger partial charge in [-0.3, -0.25) is 14.4 Å². The van der Waals surface area contributed by atoms with Gasteiger partial charge < -0.3 is 0 Å². The molecule has 0 saturated heterocycles. The van der Waals surface area contributed by atoms with Gasteiger partial charge >= 0.3 is 0 Å². The van der Waals surface area contributed by atoms with Crippen LogP contribution in [-0.2, 0) is 22.3 Å². The van der Waals surface area contributed by atoms with Crippen molar-refractivity contribution in [3.8, 4) is 0 Å². The summed E-state index contributed by atoms with van der Waals surface area (Å²) in [5.74, 6) is 0.476. The number of aromatic nitrogens is 2. The monoisotopic (exact) mass is 538 g/mol. The Kier molecular flexibility index (Phi) is 8.07. The van der Waals surface area contributed by atoms with E-state index in [0.29, 0.717) is 16.4 Å². The van der Waals surface area contributed by atoms with E-state index in [-0.39, 0.29) is 12.5 Å². The first-order valence-electron chi connectivity index (χ1n) is 11.1. The predicted octanol–water partition coefficient (Wildman–Crippen LogP) is 5.67. The molecule has 0 atom stereocenters. The summed E-state index contributed by atoms with van der Waals surface area (Å²) in [5.41, 5.74) is 5.01. The number of hydrogen-bond acceptors (Lipinski definition) is 7. The average molecular weight is 539 g/mol. The Bertz CT molecular complexity index is 1430. The van der Waals surface area contributed by atoms with Gasteiger partial charge in [0.1, 0.15) is 0 Å². The normalized spacial score (nSPS) is 11.3.